The minimum Gasteiger partial charge on any atom is -0.479 e. The summed E-state index contributed by atoms with van der Waals surface area (Å²) in [6, 6.07) is 6.21. The fourth-order valence-electron chi connectivity index (χ4n) is 3.09. The molecule has 5 nitrogen and oxygen atoms in total. The molecule has 2 aromatic rings. The number of carbonyl (C=O) groups excluding carboxylic acids is 1. The Morgan fingerprint density at radius 1 is 1.21 bits per heavy atom. The Balaban J connectivity index is 2.37. The second-order valence-corrected chi connectivity index (χ2v) is 6.06. The fraction of sp³-hybridized carbons (Fsp3) is 0.368. The first-order valence-electron chi connectivity index (χ1n) is 8.04. The monoisotopic (exact) mass is 328 g/mol. The molecule has 0 aliphatic heterocycles. The molecule has 0 saturated carbocycles. The van der Waals surface area contributed by atoms with Crippen LogP contribution >= 0.6 is 0 Å². The number of amides is 1. The maximum atomic E-state index is 12.6. The predicted octanol–water partition coefficient (Wildman–Crippen LogP) is 3.30. The standard InChI is InChI=1S/C19H24N2O3/c1-6-21-12(3)10-16(14(21)5)18(22)20-17(19(23)24)15-9-7-8-11(2)13(15)4/h7-10,17H,6H2,1-5H3,(H,20,22)(H,23,24). The molecule has 0 fully saturated rings. The molecule has 128 valence electrons. The quantitative estimate of drug-likeness (QED) is 0.884. The average Bonchev–Trinajstić information content (AvgIpc) is 2.82. The van der Waals surface area contributed by atoms with E-state index in [1.807, 2.05) is 51.3 Å². The van der Waals surface area contributed by atoms with Gasteiger partial charge >= 0.3 is 5.97 Å². The van der Waals surface area contributed by atoms with Crippen LogP contribution in [0.5, 0.6) is 0 Å². The lowest BCUT2D eigenvalue weighted by atomic mass is 9.97. The zero-order chi connectivity index (χ0) is 18.0. The Bertz CT molecular complexity index is 790. The molecular weight excluding hydrogens is 304 g/mol. The summed E-state index contributed by atoms with van der Waals surface area (Å²) in [6.45, 7) is 10.4. The number of hydrogen-bond acceptors (Lipinski definition) is 2. The van der Waals surface area contributed by atoms with Gasteiger partial charge in [-0.05, 0) is 57.4 Å². The van der Waals surface area contributed by atoms with E-state index in [0.717, 1.165) is 29.1 Å². The first-order valence-corrected chi connectivity index (χ1v) is 8.04. The fourth-order valence-corrected chi connectivity index (χ4v) is 3.09. The van der Waals surface area contributed by atoms with E-state index in [9.17, 15) is 14.7 Å². The number of carbonyl (C=O) groups is 2. The molecule has 0 bridgehead atoms. The molecule has 0 radical (unpaired) electrons. The van der Waals surface area contributed by atoms with E-state index in [1.165, 1.54) is 0 Å². The Morgan fingerprint density at radius 2 is 1.88 bits per heavy atom. The largest absolute Gasteiger partial charge is 0.479 e. The predicted molar refractivity (Wildman–Crippen MR) is 93.3 cm³/mol. The van der Waals surface area contributed by atoms with Crippen LogP contribution in [-0.2, 0) is 11.3 Å². The summed E-state index contributed by atoms with van der Waals surface area (Å²) in [7, 11) is 0. The van der Waals surface area contributed by atoms with Crippen molar-refractivity contribution in [2.75, 3.05) is 0 Å². The summed E-state index contributed by atoms with van der Waals surface area (Å²) in [6.07, 6.45) is 0. The van der Waals surface area contributed by atoms with E-state index in [1.54, 1.807) is 12.1 Å². The molecule has 1 aromatic carbocycles. The van der Waals surface area contributed by atoms with Crippen LogP contribution in [0.3, 0.4) is 0 Å². The molecule has 2 N–H and O–H groups in total. The van der Waals surface area contributed by atoms with Crippen molar-refractivity contribution in [1.82, 2.24) is 9.88 Å². The first-order chi connectivity index (χ1) is 11.3. The van der Waals surface area contributed by atoms with Crippen molar-refractivity contribution in [3.8, 4) is 0 Å². The number of aliphatic carboxylic acids is 1. The van der Waals surface area contributed by atoms with Gasteiger partial charge in [-0.3, -0.25) is 4.79 Å². The van der Waals surface area contributed by atoms with Gasteiger partial charge in [-0.2, -0.15) is 0 Å². The van der Waals surface area contributed by atoms with Crippen molar-refractivity contribution in [2.24, 2.45) is 0 Å². The van der Waals surface area contributed by atoms with Crippen LogP contribution in [0.4, 0.5) is 0 Å². The maximum Gasteiger partial charge on any atom is 0.330 e. The normalized spacial score (nSPS) is 12.0. The van der Waals surface area contributed by atoms with Gasteiger partial charge in [0.2, 0.25) is 0 Å². The van der Waals surface area contributed by atoms with Gasteiger partial charge in [-0.25, -0.2) is 4.79 Å². The van der Waals surface area contributed by atoms with Gasteiger partial charge in [0.25, 0.3) is 5.91 Å². The van der Waals surface area contributed by atoms with Crippen LogP contribution in [-0.4, -0.2) is 21.6 Å². The van der Waals surface area contributed by atoms with Crippen molar-refractivity contribution >= 4 is 11.9 Å². The Labute approximate surface area is 142 Å². The molecule has 0 saturated heterocycles. The summed E-state index contributed by atoms with van der Waals surface area (Å²) < 4.78 is 2.03. The number of nitrogens with zero attached hydrogens (tertiary/aromatic N) is 1. The molecule has 1 heterocycles. The van der Waals surface area contributed by atoms with Crippen molar-refractivity contribution in [3.05, 3.63) is 57.9 Å². The average molecular weight is 328 g/mol. The minimum absolute atomic E-state index is 0.365. The number of carboxylic acids is 1. The van der Waals surface area contributed by atoms with Gasteiger partial charge in [0.1, 0.15) is 0 Å². The third kappa shape index (κ3) is 3.20. The minimum atomic E-state index is -1.07. The zero-order valence-electron chi connectivity index (χ0n) is 14.8. The summed E-state index contributed by atoms with van der Waals surface area (Å²) >= 11 is 0. The lowest BCUT2D eigenvalue weighted by Gasteiger charge is -2.18. The van der Waals surface area contributed by atoms with Gasteiger partial charge in [-0.1, -0.05) is 18.2 Å². The summed E-state index contributed by atoms with van der Waals surface area (Å²) in [4.78, 5) is 24.4. The Kier molecular flexibility index (Phi) is 5.12. The number of hydrogen-bond donors (Lipinski definition) is 2. The van der Waals surface area contributed by atoms with Gasteiger partial charge in [0.05, 0.1) is 5.56 Å². The lowest BCUT2D eigenvalue weighted by Crippen LogP contribution is -2.34. The number of carboxylic acid groups (broad SMARTS) is 1. The summed E-state index contributed by atoms with van der Waals surface area (Å²) in [5.41, 5.74) is 4.84. The van der Waals surface area contributed by atoms with Crippen LogP contribution in [0.25, 0.3) is 0 Å². The van der Waals surface area contributed by atoms with Gasteiger partial charge in [-0.15, -0.1) is 0 Å². The molecule has 5 heteroatoms. The SMILES string of the molecule is CCn1c(C)cc(C(=O)NC(C(=O)O)c2cccc(C)c2C)c1C. The molecule has 1 aromatic heterocycles. The second kappa shape index (κ2) is 6.91. The number of rotatable bonds is 5. The number of benzene rings is 1. The Morgan fingerprint density at radius 3 is 2.42 bits per heavy atom. The molecular formula is C19H24N2O3. The smallest absolute Gasteiger partial charge is 0.330 e. The van der Waals surface area contributed by atoms with Crippen LogP contribution in [0.2, 0.25) is 0 Å². The highest BCUT2D eigenvalue weighted by Gasteiger charge is 2.26. The first kappa shape index (κ1) is 17.8. The third-order valence-corrected chi connectivity index (χ3v) is 4.61. The number of aryl methyl sites for hydroxylation is 2. The Hall–Kier alpha value is -2.56. The molecule has 1 atom stereocenters. The highest BCUT2D eigenvalue weighted by atomic mass is 16.4. The second-order valence-electron chi connectivity index (χ2n) is 6.06. The van der Waals surface area contributed by atoms with Crippen LogP contribution in [0.15, 0.2) is 24.3 Å². The van der Waals surface area contributed by atoms with E-state index in [2.05, 4.69) is 5.32 Å². The van der Waals surface area contributed by atoms with E-state index in [0.29, 0.717) is 11.1 Å². The number of aromatic nitrogens is 1. The van der Waals surface area contributed by atoms with E-state index >= 15 is 0 Å². The molecule has 0 aliphatic carbocycles. The summed E-state index contributed by atoms with van der Waals surface area (Å²) in [5.74, 6) is -1.43. The summed E-state index contributed by atoms with van der Waals surface area (Å²) in [5, 5.41) is 12.3. The van der Waals surface area contributed by atoms with Gasteiger partial charge in [0.15, 0.2) is 6.04 Å². The maximum absolute atomic E-state index is 12.6. The van der Waals surface area contributed by atoms with Crippen molar-refractivity contribution in [3.63, 3.8) is 0 Å². The molecule has 0 spiro atoms. The number of nitrogens with one attached hydrogen (secondary N) is 1. The van der Waals surface area contributed by atoms with Crippen molar-refractivity contribution in [1.29, 1.82) is 0 Å². The van der Waals surface area contributed by atoms with Crippen LogP contribution < -0.4 is 5.32 Å². The molecule has 1 unspecified atom stereocenters. The van der Waals surface area contributed by atoms with Gasteiger partial charge in [0, 0.05) is 17.9 Å². The van der Waals surface area contributed by atoms with Gasteiger partial charge < -0.3 is 15.0 Å². The van der Waals surface area contributed by atoms with E-state index < -0.39 is 12.0 Å². The van der Waals surface area contributed by atoms with Crippen LogP contribution in [0.1, 0.15) is 51.4 Å². The molecule has 1 amide bonds. The molecule has 24 heavy (non-hydrogen) atoms. The molecule has 2 rings (SSSR count). The van der Waals surface area contributed by atoms with Crippen LogP contribution in [0, 0.1) is 27.7 Å². The molecule has 0 aliphatic rings. The van der Waals surface area contributed by atoms with Crippen molar-refractivity contribution in [2.45, 2.75) is 47.2 Å². The van der Waals surface area contributed by atoms with E-state index in [-0.39, 0.29) is 5.91 Å². The van der Waals surface area contributed by atoms with E-state index in [4.69, 9.17) is 0 Å². The van der Waals surface area contributed by atoms with Crippen molar-refractivity contribution < 1.29 is 14.7 Å². The zero-order valence-corrected chi connectivity index (χ0v) is 14.8. The third-order valence-electron chi connectivity index (χ3n) is 4.61. The highest BCUT2D eigenvalue weighted by molar-refractivity contribution is 5.98. The topological polar surface area (TPSA) is 71.3 Å². The highest BCUT2D eigenvalue weighted by Crippen LogP contribution is 2.22. The lowest BCUT2D eigenvalue weighted by molar-refractivity contribution is -0.139.